The van der Waals surface area contributed by atoms with Crippen molar-refractivity contribution >= 4 is 25.8 Å². The molecule has 0 bridgehead atoms. The van der Waals surface area contributed by atoms with Gasteiger partial charge in [-0.25, -0.2) is 13.4 Å². The van der Waals surface area contributed by atoms with Crippen LogP contribution in [0.2, 0.25) is 0 Å². The molecule has 0 spiro atoms. The van der Waals surface area contributed by atoms with Gasteiger partial charge in [0.1, 0.15) is 10.6 Å². The number of hydrogen-bond acceptors (Lipinski definition) is 4. The summed E-state index contributed by atoms with van der Waals surface area (Å²) in [6.07, 6.45) is 2.64. The Labute approximate surface area is 126 Å². The van der Waals surface area contributed by atoms with Crippen LogP contribution in [0.5, 0.6) is 11.6 Å². The number of nitrogens with zero attached hydrogens (tertiary/aromatic N) is 1. The average Bonchev–Trinajstić information content (AvgIpc) is 2.35. The molecule has 1 aromatic carbocycles. The largest absolute Gasteiger partial charge is 0.438 e. The molecule has 106 valence electrons. The minimum Gasteiger partial charge on any atom is -0.438 e. The van der Waals surface area contributed by atoms with Gasteiger partial charge in [0.15, 0.2) is 9.84 Å². The highest BCUT2D eigenvalue weighted by molar-refractivity contribution is 9.10. The summed E-state index contributed by atoms with van der Waals surface area (Å²) in [5.41, 5.74) is 2.02. The van der Waals surface area contributed by atoms with Crippen molar-refractivity contribution in [3.8, 4) is 11.6 Å². The zero-order valence-electron chi connectivity index (χ0n) is 11.3. The third-order valence-electron chi connectivity index (χ3n) is 2.76. The minimum absolute atomic E-state index is 0.0817. The van der Waals surface area contributed by atoms with Gasteiger partial charge in [0.2, 0.25) is 5.88 Å². The zero-order valence-corrected chi connectivity index (χ0v) is 13.7. The van der Waals surface area contributed by atoms with Crippen LogP contribution in [0.3, 0.4) is 0 Å². The van der Waals surface area contributed by atoms with Crippen molar-refractivity contribution in [2.24, 2.45) is 0 Å². The van der Waals surface area contributed by atoms with Crippen LogP contribution < -0.4 is 4.74 Å². The molecule has 1 heterocycles. The highest BCUT2D eigenvalue weighted by Gasteiger charge is 2.16. The molecular formula is C14H14BrNO3S. The Morgan fingerprint density at radius 3 is 2.35 bits per heavy atom. The van der Waals surface area contributed by atoms with E-state index < -0.39 is 9.84 Å². The molecule has 0 N–H and O–H groups in total. The first-order valence-corrected chi connectivity index (χ1v) is 8.57. The Bertz CT molecular complexity index is 734. The van der Waals surface area contributed by atoms with Gasteiger partial charge < -0.3 is 4.74 Å². The molecule has 0 aliphatic rings. The molecule has 2 rings (SSSR count). The van der Waals surface area contributed by atoms with Crippen LogP contribution >= 0.6 is 15.9 Å². The van der Waals surface area contributed by atoms with E-state index in [0.717, 1.165) is 21.9 Å². The predicted molar refractivity (Wildman–Crippen MR) is 81.0 cm³/mol. The molecular weight excluding hydrogens is 342 g/mol. The molecule has 2 aromatic rings. The highest BCUT2D eigenvalue weighted by atomic mass is 79.9. The molecule has 0 aliphatic carbocycles. The summed E-state index contributed by atoms with van der Waals surface area (Å²) >= 11 is 3.48. The van der Waals surface area contributed by atoms with Crippen molar-refractivity contribution in [1.82, 2.24) is 4.98 Å². The summed E-state index contributed by atoms with van der Waals surface area (Å²) < 4.78 is 30.1. The molecule has 0 aliphatic heterocycles. The van der Waals surface area contributed by atoms with Crippen molar-refractivity contribution in [3.63, 3.8) is 0 Å². The normalized spacial score (nSPS) is 11.4. The quantitative estimate of drug-likeness (QED) is 0.842. The maximum atomic E-state index is 11.7. The first-order valence-electron chi connectivity index (χ1n) is 5.88. The van der Waals surface area contributed by atoms with E-state index in [-0.39, 0.29) is 10.8 Å². The summed E-state index contributed by atoms with van der Waals surface area (Å²) in [5.74, 6) is 0.655. The van der Waals surface area contributed by atoms with Crippen LogP contribution in [-0.4, -0.2) is 19.7 Å². The summed E-state index contributed by atoms with van der Waals surface area (Å²) in [6.45, 7) is 3.89. The molecule has 0 saturated heterocycles. The first kappa shape index (κ1) is 15.0. The lowest BCUT2D eigenvalue weighted by Crippen LogP contribution is -2.02. The third kappa shape index (κ3) is 3.19. The monoisotopic (exact) mass is 355 g/mol. The average molecular weight is 356 g/mol. The van der Waals surface area contributed by atoms with E-state index in [9.17, 15) is 8.42 Å². The predicted octanol–water partition coefficient (Wildman–Crippen LogP) is 3.66. The van der Waals surface area contributed by atoms with Crippen LogP contribution in [-0.2, 0) is 9.84 Å². The van der Waals surface area contributed by atoms with E-state index in [2.05, 4.69) is 20.9 Å². The maximum Gasteiger partial charge on any atom is 0.238 e. The number of sulfone groups is 1. The van der Waals surface area contributed by atoms with Gasteiger partial charge in [-0.1, -0.05) is 15.9 Å². The van der Waals surface area contributed by atoms with Crippen molar-refractivity contribution in [2.75, 3.05) is 6.26 Å². The van der Waals surface area contributed by atoms with Gasteiger partial charge in [-0.2, -0.15) is 0 Å². The Balaban J connectivity index is 2.46. The minimum atomic E-state index is -3.38. The van der Waals surface area contributed by atoms with Gasteiger partial charge in [0.25, 0.3) is 0 Å². The molecule has 0 fully saturated rings. The second kappa shape index (κ2) is 5.54. The zero-order chi connectivity index (χ0) is 14.9. The number of benzene rings is 1. The fourth-order valence-electron chi connectivity index (χ4n) is 1.81. The van der Waals surface area contributed by atoms with Crippen LogP contribution in [0.15, 0.2) is 39.8 Å². The Hall–Kier alpha value is -1.40. The highest BCUT2D eigenvalue weighted by Crippen LogP contribution is 2.31. The lowest BCUT2D eigenvalue weighted by atomic mass is 10.1. The van der Waals surface area contributed by atoms with E-state index in [1.165, 1.54) is 12.3 Å². The van der Waals surface area contributed by atoms with Crippen molar-refractivity contribution < 1.29 is 13.2 Å². The summed E-state index contributed by atoms with van der Waals surface area (Å²) in [5, 5.41) is 0. The van der Waals surface area contributed by atoms with E-state index in [4.69, 9.17) is 4.74 Å². The number of aromatic nitrogens is 1. The summed E-state index contributed by atoms with van der Waals surface area (Å²) in [6, 6.07) is 6.72. The lowest BCUT2D eigenvalue weighted by molar-refractivity contribution is 0.446. The molecule has 1 aromatic heterocycles. The summed E-state index contributed by atoms with van der Waals surface area (Å²) in [4.78, 5) is 4.09. The van der Waals surface area contributed by atoms with E-state index in [1.54, 1.807) is 6.07 Å². The van der Waals surface area contributed by atoms with Gasteiger partial charge in [-0.3, -0.25) is 0 Å². The second-order valence-electron chi connectivity index (χ2n) is 4.55. The van der Waals surface area contributed by atoms with Crippen LogP contribution in [0, 0.1) is 13.8 Å². The van der Waals surface area contributed by atoms with Gasteiger partial charge in [-0.15, -0.1) is 0 Å². The number of ether oxygens (including phenoxy) is 1. The van der Waals surface area contributed by atoms with Crippen LogP contribution in [0.1, 0.15) is 11.1 Å². The molecule has 6 heteroatoms. The van der Waals surface area contributed by atoms with E-state index >= 15 is 0 Å². The Morgan fingerprint density at radius 1 is 1.20 bits per heavy atom. The number of halogens is 1. The van der Waals surface area contributed by atoms with Crippen LogP contribution in [0.4, 0.5) is 0 Å². The van der Waals surface area contributed by atoms with Gasteiger partial charge in [0, 0.05) is 16.9 Å². The van der Waals surface area contributed by atoms with E-state index in [1.807, 2.05) is 26.0 Å². The van der Waals surface area contributed by atoms with E-state index in [0.29, 0.717) is 5.75 Å². The van der Waals surface area contributed by atoms with Gasteiger partial charge in [-0.05, 0) is 49.2 Å². The molecule has 0 amide bonds. The SMILES string of the molecule is Cc1cc(Oc2ncccc2S(C)(=O)=O)cc(C)c1Br. The van der Waals surface area contributed by atoms with Gasteiger partial charge in [0.05, 0.1) is 0 Å². The molecule has 20 heavy (non-hydrogen) atoms. The van der Waals surface area contributed by atoms with Crippen molar-refractivity contribution in [2.45, 2.75) is 18.7 Å². The second-order valence-corrected chi connectivity index (χ2v) is 7.33. The van der Waals surface area contributed by atoms with Crippen molar-refractivity contribution in [3.05, 3.63) is 46.1 Å². The molecule has 4 nitrogen and oxygen atoms in total. The third-order valence-corrected chi connectivity index (χ3v) is 5.12. The maximum absolute atomic E-state index is 11.7. The number of aryl methyl sites for hydroxylation is 2. The number of rotatable bonds is 3. The molecule has 0 saturated carbocycles. The van der Waals surface area contributed by atoms with Crippen LogP contribution in [0.25, 0.3) is 0 Å². The molecule has 0 atom stereocenters. The summed E-state index contributed by atoms with van der Waals surface area (Å²) in [7, 11) is -3.38. The van der Waals surface area contributed by atoms with Gasteiger partial charge >= 0.3 is 0 Å². The topological polar surface area (TPSA) is 56.3 Å². The number of hydrogen-bond donors (Lipinski definition) is 0. The lowest BCUT2D eigenvalue weighted by Gasteiger charge is -2.11. The molecule has 0 unspecified atom stereocenters. The Morgan fingerprint density at radius 2 is 1.80 bits per heavy atom. The fourth-order valence-corrected chi connectivity index (χ4v) is 2.78. The number of pyridine rings is 1. The van der Waals surface area contributed by atoms with Crippen molar-refractivity contribution in [1.29, 1.82) is 0 Å². The molecule has 0 radical (unpaired) electrons. The first-order chi connectivity index (χ1) is 9.29. The smallest absolute Gasteiger partial charge is 0.238 e. The standard InChI is InChI=1S/C14H14BrNO3S/c1-9-7-11(8-10(2)13(9)15)19-14-12(20(3,17)18)5-4-6-16-14/h4-8H,1-3H3. The fraction of sp³-hybridized carbons (Fsp3) is 0.214. The Kier molecular flexibility index (Phi) is 4.15.